The number of halogens is 1. The maximum absolute atomic E-state index is 12.5. The molecule has 1 N–H and O–H groups in total. The maximum atomic E-state index is 12.5. The number of hydrogen-bond acceptors (Lipinski definition) is 4. The maximum Gasteiger partial charge on any atom is 0.411 e. The third-order valence-corrected chi connectivity index (χ3v) is 5.47. The fraction of sp³-hybridized carbons (Fsp3) is 0.222. The number of hydrogen-bond donors (Lipinski definition) is 1. The van der Waals surface area contributed by atoms with E-state index in [1.54, 1.807) is 11.8 Å². The van der Waals surface area contributed by atoms with Crippen molar-refractivity contribution in [3.05, 3.63) is 63.7 Å². The largest absolute Gasteiger partial charge is 0.445 e. The fourth-order valence-electron chi connectivity index (χ4n) is 2.40. The molecular formula is C18H17IN2O3S. The van der Waals surface area contributed by atoms with Crippen LogP contribution in [0.3, 0.4) is 0 Å². The highest BCUT2D eigenvalue weighted by Gasteiger charge is 2.35. The highest BCUT2D eigenvalue weighted by molar-refractivity contribution is 14.1. The molecular weight excluding hydrogens is 451 g/mol. The summed E-state index contributed by atoms with van der Waals surface area (Å²) in [6.07, 6.45) is -0.461. The number of anilines is 1. The number of nitrogens with one attached hydrogen (secondary N) is 1. The van der Waals surface area contributed by atoms with Crippen LogP contribution in [0.2, 0.25) is 0 Å². The first-order valence-corrected chi connectivity index (χ1v) is 9.98. The van der Waals surface area contributed by atoms with Crippen LogP contribution < -0.4 is 5.32 Å². The molecule has 25 heavy (non-hydrogen) atoms. The van der Waals surface area contributed by atoms with E-state index in [4.69, 9.17) is 4.74 Å². The Bertz CT molecular complexity index is 740. The molecule has 2 aromatic rings. The number of carbonyl (C=O) groups is 2. The Morgan fingerprint density at radius 1 is 1.16 bits per heavy atom. The molecule has 0 saturated carbocycles. The lowest BCUT2D eigenvalue weighted by Gasteiger charge is -2.22. The quantitative estimate of drug-likeness (QED) is 0.691. The number of amides is 2. The van der Waals surface area contributed by atoms with Crippen molar-refractivity contribution in [2.45, 2.75) is 12.6 Å². The molecule has 1 heterocycles. The van der Waals surface area contributed by atoms with E-state index < -0.39 is 12.1 Å². The predicted molar refractivity (Wildman–Crippen MR) is 107 cm³/mol. The summed E-state index contributed by atoms with van der Waals surface area (Å²) in [5.74, 6) is 0.831. The van der Waals surface area contributed by atoms with Gasteiger partial charge in [-0.3, -0.25) is 9.69 Å². The van der Waals surface area contributed by atoms with Crippen LogP contribution in [-0.4, -0.2) is 34.6 Å². The Morgan fingerprint density at radius 2 is 1.88 bits per heavy atom. The Morgan fingerprint density at radius 3 is 2.60 bits per heavy atom. The van der Waals surface area contributed by atoms with Gasteiger partial charge in [0.25, 0.3) is 0 Å². The molecule has 3 rings (SSSR count). The van der Waals surface area contributed by atoms with E-state index in [1.807, 2.05) is 54.6 Å². The van der Waals surface area contributed by atoms with Crippen LogP contribution in [0.25, 0.3) is 0 Å². The fourth-order valence-corrected chi connectivity index (χ4v) is 3.90. The Balaban J connectivity index is 1.58. The van der Waals surface area contributed by atoms with Crippen LogP contribution in [-0.2, 0) is 16.1 Å². The van der Waals surface area contributed by atoms with Gasteiger partial charge in [-0.25, -0.2) is 4.79 Å². The zero-order valence-corrected chi connectivity index (χ0v) is 16.3. The molecule has 1 aliphatic heterocycles. The summed E-state index contributed by atoms with van der Waals surface area (Å²) in [6.45, 7) is 0.201. The number of rotatable bonds is 4. The second-order valence-corrected chi connectivity index (χ2v) is 7.77. The van der Waals surface area contributed by atoms with Gasteiger partial charge < -0.3 is 10.1 Å². The lowest BCUT2D eigenvalue weighted by atomic mass is 10.2. The van der Waals surface area contributed by atoms with E-state index in [0.29, 0.717) is 11.6 Å². The summed E-state index contributed by atoms with van der Waals surface area (Å²) in [4.78, 5) is 26.3. The minimum atomic E-state index is -0.521. The number of ether oxygens (including phenoxy) is 1. The molecule has 1 aliphatic rings. The van der Waals surface area contributed by atoms with E-state index in [0.717, 1.165) is 14.8 Å². The zero-order valence-electron chi connectivity index (χ0n) is 13.4. The molecule has 0 spiro atoms. The molecule has 1 saturated heterocycles. The minimum Gasteiger partial charge on any atom is -0.445 e. The van der Waals surface area contributed by atoms with Crippen LogP contribution in [0, 0.1) is 3.57 Å². The van der Waals surface area contributed by atoms with Crippen molar-refractivity contribution < 1.29 is 14.3 Å². The van der Waals surface area contributed by atoms with Crippen molar-refractivity contribution in [1.29, 1.82) is 0 Å². The molecule has 130 valence electrons. The lowest BCUT2D eigenvalue weighted by Crippen LogP contribution is -2.44. The molecule has 0 radical (unpaired) electrons. The first kappa shape index (κ1) is 18.1. The average molecular weight is 468 g/mol. The van der Waals surface area contributed by atoms with Gasteiger partial charge in [0.2, 0.25) is 5.91 Å². The van der Waals surface area contributed by atoms with Crippen molar-refractivity contribution >= 4 is 52.0 Å². The summed E-state index contributed by atoms with van der Waals surface area (Å²) >= 11 is 3.75. The van der Waals surface area contributed by atoms with Crippen molar-refractivity contribution in [3.63, 3.8) is 0 Å². The second-order valence-electron chi connectivity index (χ2n) is 5.52. The highest BCUT2D eigenvalue weighted by Crippen LogP contribution is 2.23. The molecule has 7 heteroatoms. The van der Waals surface area contributed by atoms with Crippen LogP contribution in [0.5, 0.6) is 0 Å². The number of thioether (sulfide) groups is 1. The van der Waals surface area contributed by atoms with Crippen LogP contribution in [0.1, 0.15) is 5.56 Å². The molecule has 1 atom stereocenters. The second kappa shape index (κ2) is 8.57. The normalized spacial score (nSPS) is 16.5. The zero-order chi connectivity index (χ0) is 17.6. The van der Waals surface area contributed by atoms with Gasteiger partial charge in [-0.05, 0) is 52.4 Å². The van der Waals surface area contributed by atoms with Gasteiger partial charge in [-0.15, -0.1) is 11.8 Å². The van der Waals surface area contributed by atoms with Gasteiger partial charge >= 0.3 is 6.09 Å². The van der Waals surface area contributed by atoms with Crippen LogP contribution in [0.15, 0.2) is 54.6 Å². The summed E-state index contributed by atoms with van der Waals surface area (Å²) in [5, 5.41) is 2.86. The minimum absolute atomic E-state index is 0.192. The smallest absolute Gasteiger partial charge is 0.411 e. The molecule has 5 nitrogen and oxygen atoms in total. The SMILES string of the molecule is O=C(Nc1ccc(I)cc1)[C@H]1CSCN1C(=O)OCc1ccccc1. The van der Waals surface area contributed by atoms with Crippen molar-refractivity contribution in [2.75, 3.05) is 16.9 Å². The Labute approximate surface area is 164 Å². The first-order valence-electron chi connectivity index (χ1n) is 7.75. The third-order valence-electron chi connectivity index (χ3n) is 3.74. The van der Waals surface area contributed by atoms with E-state index in [-0.39, 0.29) is 12.5 Å². The molecule has 2 amide bonds. The summed E-state index contributed by atoms with van der Waals surface area (Å²) in [6, 6.07) is 16.5. The van der Waals surface area contributed by atoms with Gasteiger partial charge in [0.1, 0.15) is 12.6 Å². The molecule has 2 aromatic carbocycles. The van der Waals surface area contributed by atoms with E-state index >= 15 is 0 Å². The Hall–Kier alpha value is -1.74. The monoisotopic (exact) mass is 468 g/mol. The lowest BCUT2D eigenvalue weighted by molar-refractivity contribution is -0.119. The van der Waals surface area contributed by atoms with Gasteiger partial charge in [-0.1, -0.05) is 30.3 Å². The summed E-state index contributed by atoms with van der Waals surface area (Å²) < 4.78 is 6.45. The van der Waals surface area contributed by atoms with E-state index in [9.17, 15) is 9.59 Å². The van der Waals surface area contributed by atoms with Crippen molar-refractivity contribution in [1.82, 2.24) is 4.90 Å². The molecule has 0 bridgehead atoms. The van der Waals surface area contributed by atoms with Gasteiger partial charge in [0, 0.05) is 15.0 Å². The van der Waals surface area contributed by atoms with E-state index in [2.05, 4.69) is 27.9 Å². The molecule has 0 aromatic heterocycles. The van der Waals surface area contributed by atoms with Crippen molar-refractivity contribution in [2.24, 2.45) is 0 Å². The van der Waals surface area contributed by atoms with Crippen LogP contribution in [0.4, 0.5) is 10.5 Å². The first-order chi connectivity index (χ1) is 12.1. The topological polar surface area (TPSA) is 58.6 Å². The number of carbonyl (C=O) groups excluding carboxylic acids is 2. The third kappa shape index (κ3) is 4.88. The Kier molecular flexibility index (Phi) is 6.19. The molecule has 1 fully saturated rings. The van der Waals surface area contributed by atoms with Crippen LogP contribution >= 0.6 is 34.4 Å². The van der Waals surface area contributed by atoms with Gasteiger partial charge in [0.05, 0.1) is 5.88 Å². The summed E-state index contributed by atoms with van der Waals surface area (Å²) in [5.41, 5.74) is 1.64. The summed E-state index contributed by atoms with van der Waals surface area (Å²) in [7, 11) is 0. The van der Waals surface area contributed by atoms with E-state index in [1.165, 1.54) is 4.90 Å². The van der Waals surface area contributed by atoms with Gasteiger partial charge in [0.15, 0.2) is 0 Å². The average Bonchev–Trinajstić information content (AvgIpc) is 3.12. The predicted octanol–water partition coefficient (Wildman–Crippen LogP) is 3.94. The number of benzene rings is 2. The molecule has 0 unspecified atom stereocenters. The highest BCUT2D eigenvalue weighted by atomic mass is 127. The number of nitrogens with zero attached hydrogens (tertiary/aromatic N) is 1. The van der Waals surface area contributed by atoms with Gasteiger partial charge in [-0.2, -0.15) is 0 Å². The van der Waals surface area contributed by atoms with Crippen molar-refractivity contribution in [3.8, 4) is 0 Å². The molecule has 0 aliphatic carbocycles. The standard InChI is InChI=1S/C18H17IN2O3S/c19-14-6-8-15(9-7-14)20-17(22)16-11-25-12-21(16)18(23)24-10-13-4-2-1-3-5-13/h1-9,16H,10-12H2,(H,20,22)/t16-/m1/s1.